The van der Waals surface area contributed by atoms with Crippen molar-refractivity contribution in [3.63, 3.8) is 0 Å². The molecule has 0 bridgehead atoms. The zero-order chi connectivity index (χ0) is 24.1. The highest BCUT2D eigenvalue weighted by Gasteiger charge is 2.36. The predicted octanol–water partition coefficient (Wildman–Crippen LogP) is 8.18. The van der Waals surface area contributed by atoms with Gasteiger partial charge in [-0.05, 0) is 111 Å². The van der Waals surface area contributed by atoms with Gasteiger partial charge in [0.15, 0.2) is 11.6 Å². The quantitative estimate of drug-likeness (QED) is 0.235. The number of halogens is 2. The van der Waals surface area contributed by atoms with Crippen LogP contribution in [-0.4, -0.2) is 5.97 Å². The third kappa shape index (κ3) is 5.48. The normalized spacial score (nSPS) is 24.6. The number of allylic oxidation sites excluding steroid dienone is 3. The van der Waals surface area contributed by atoms with Crippen molar-refractivity contribution in [3.8, 4) is 5.75 Å². The molecule has 0 heterocycles. The molecule has 4 rings (SSSR count). The van der Waals surface area contributed by atoms with Crippen molar-refractivity contribution in [1.29, 1.82) is 0 Å². The van der Waals surface area contributed by atoms with E-state index in [0.29, 0.717) is 29.1 Å². The molecule has 0 saturated heterocycles. The first-order chi connectivity index (χ1) is 16.5. The van der Waals surface area contributed by atoms with Crippen LogP contribution in [0.15, 0.2) is 61.2 Å². The highest BCUT2D eigenvalue weighted by atomic mass is 19.2. The summed E-state index contributed by atoms with van der Waals surface area (Å²) >= 11 is 0. The fourth-order valence-electron chi connectivity index (χ4n) is 5.85. The minimum absolute atomic E-state index is 0.00203. The van der Waals surface area contributed by atoms with Crippen molar-refractivity contribution in [2.24, 2.45) is 17.8 Å². The topological polar surface area (TPSA) is 26.3 Å². The van der Waals surface area contributed by atoms with E-state index in [4.69, 9.17) is 4.74 Å². The second-order valence-electron chi connectivity index (χ2n) is 9.82. The minimum atomic E-state index is -1.11. The first-order valence-electron chi connectivity index (χ1n) is 12.5. The molecule has 0 aliphatic heterocycles. The Morgan fingerprint density at radius 1 is 1.00 bits per heavy atom. The van der Waals surface area contributed by atoms with Gasteiger partial charge in [0.1, 0.15) is 5.75 Å². The van der Waals surface area contributed by atoms with Crippen molar-refractivity contribution < 1.29 is 18.3 Å². The summed E-state index contributed by atoms with van der Waals surface area (Å²) in [4.78, 5) is 12.6. The average molecular weight is 465 g/mol. The average Bonchev–Trinajstić information content (AvgIpc) is 2.85. The monoisotopic (exact) mass is 464 g/mol. The first-order valence-corrected chi connectivity index (χ1v) is 12.5. The van der Waals surface area contributed by atoms with Crippen molar-refractivity contribution in [2.45, 2.75) is 64.2 Å². The zero-order valence-corrected chi connectivity index (χ0v) is 19.9. The van der Waals surface area contributed by atoms with Crippen LogP contribution in [0.1, 0.15) is 79.3 Å². The van der Waals surface area contributed by atoms with Gasteiger partial charge in [0, 0.05) is 0 Å². The summed E-state index contributed by atoms with van der Waals surface area (Å²) in [7, 11) is 0. The van der Waals surface area contributed by atoms with E-state index in [-0.39, 0.29) is 11.5 Å². The molecular weight excluding hydrogens is 430 g/mol. The predicted molar refractivity (Wildman–Crippen MR) is 132 cm³/mol. The molecule has 0 aromatic heterocycles. The lowest BCUT2D eigenvalue weighted by Gasteiger charge is -2.42. The molecular formula is C30H34F2O2. The molecule has 4 atom stereocenters. The molecule has 4 heteroatoms. The molecule has 4 unspecified atom stereocenters. The van der Waals surface area contributed by atoms with Crippen LogP contribution in [-0.2, 0) is 6.42 Å². The lowest BCUT2D eigenvalue weighted by Crippen LogP contribution is -2.30. The second kappa shape index (κ2) is 11.1. The van der Waals surface area contributed by atoms with Crippen molar-refractivity contribution in [3.05, 3.63) is 89.5 Å². The number of esters is 1. The largest absolute Gasteiger partial charge is 0.423 e. The molecule has 2 aliphatic carbocycles. The van der Waals surface area contributed by atoms with Crippen LogP contribution in [0, 0.1) is 29.4 Å². The summed E-state index contributed by atoms with van der Waals surface area (Å²) in [6.07, 6.45) is 14.3. The van der Waals surface area contributed by atoms with Crippen LogP contribution in [0.25, 0.3) is 0 Å². The van der Waals surface area contributed by atoms with E-state index in [1.54, 1.807) is 18.2 Å². The van der Waals surface area contributed by atoms with Gasteiger partial charge in [-0.15, -0.1) is 6.58 Å². The SMILES string of the molecule is C=CCCc1ccc(OC(=O)c2ccc(C3CCC4CC(/C=C/C)CCC4C3)c(F)c2F)cc1. The van der Waals surface area contributed by atoms with Crippen molar-refractivity contribution in [2.75, 3.05) is 0 Å². The number of carbonyl (C=O) groups excluding carboxylic acids is 1. The molecule has 0 amide bonds. The molecule has 0 radical (unpaired) electrons. The van der Waals surface area contributed by atoms with Gasteiger partial charge in [-0.25, -0.2) is 13.6 Å². The standard InChI is InChI=1S/C30H34F2O2/c1-3-5-7-20-9-14-25(15-10-20)34-30(33)27-17-16-26(28(31)29(27)32)24-13-12-22-18-21(6-4-2)8-11-23(22)19-24/h3-4,6,9-10,14-17,21-24H,1,5,7-8,11-13,18-19H2,2H3/b6-4+. The van der Waals surface area contributed by atoms with Gasteiger partial charge in [0.25, 0.3) is 0 Å². The van der Waals surface area contributed by atoms with E-state index in [0.717, 1.165) is 44.1 Å². The summed E-state index contributed by atoms with van der Waals surface area (Å²) in [6, 6.07) is 10.0. The molecule has 2 saturated carbocycles. The summed E-state index contributed by atoms with van der Waals surface area (Å²) < 4.78 is 35.4. The third-order valence-electron chi connectivity index (χ3n) is 7.66. The molecule has 2 aromatic carbocycles. The number of hydrogen-bond donors (Lipinski definition) is 0. The van der Waals surface area contributed by atoms with E-state index >= 15 is 4.39 Å². The molecule has 34 heavy (non-hydrogen) atoms. The smallest absolute Gasteiger partial charge is 0.346 e. The van der Waals surface area contributed by atoms with Crippen LogP contribution in [0.2, 0.25) is 0 Å². The lowest BCUT2D eigenvalue weighted by molar-refractivity contribution is 0.0728. The summed E-state index contributed by atoms with van der Waals surface area (Å²) in [5.41, 5.74) is 1.12. The number of aryl methyl sites for hydroxylation is 1. The molecule has 0 spiro atoms. The lowest BCUT2D eigenvalue weighted by atomic mass is 9.64. The first kappa shape index (κ1) is 24.4. The van der Waals surface area contributed by atoms with Crippen LogP contribution >= 0.6 is 0 Å². The number of fused-ring (bicyclic) bond motifs is 1. The number of rotatable bonds is 7. The van der Waals surface area contributed by atoms with E-state index in [1.165, 1.54) is 18.9 Å². The van der Waals surface area contributed by atoms with Crippen LogP contribution in [0.5, 0.6) is 5.75 Å². The van der Waals surface area contributed by atoms with Gasteiger partial charge in [0.2, 0.25) is 0 Å². The highest BCUT2D eigenvalue weighted by Crippen LogP contribution is 2.48. The van der Waals surface area contributed by atoms with E-state index in [1.807, 2.05) is 18.2 Å². The van der Waals surface area contributed by atoms with Gasteiger partial charge >= 0.3 is 5.97 Å². The Kier molecular flexibility index (Phi) is 7.97. The van der Waals surface area contributed by atoms with Gasteiger partial charge in [-0.1, -0.05) is 36.4 Å². The minimum Gasteiger partial charge on any atom is -0.423 e. The fourth-order valence-corrected chi connectivity index (χ4v) is 5.85. The maximum Gasteiger partial charge on any atom is 0.346 e. The molecule has 2 aromatic rings. The zero-order valence-electron chi connectivity index (χ0n) is 19.9. The van der Waals surface area contributed by atoms with Gasteiger partial charge in [-0.3, -0.25) is 0 Å². The van der Waals surface area contributed by atoms with Crippen molar-refractivity contribution >= 4 is 5.97 Å². The molecule has 2 aliphatic rings. The maximum atomic E-state index is 15.1. The molecule has 0 N–H and O–H groups in total. The Hall–Kier alpha value is -2.75. The van der Waals surface area contributed by atoms with Gasteiger partial charge in [-0.2, -0.15) is 0 Å². The Balaban J connectivity index is 1.42. The Labute approximate surface area is 201 Å². The van der Waals surface area contributed by atoms with Gasteiger partial charge in [0.05, 0.1) is 5.56 Å². The molecule has 2 nitrogen and oxygen atoms in total. The number of carbonyl (C=O) groups is 1. The Morgan fingerprint density at radius 2 is 1.74 bits per heavy atom. The maximum absolute atomic E-state index is 15.1. The van der Waals surface area contributed by atoms with Crippen LogP contribution in [0.4, 0.5) is 8.78 Å². The second-order valence-corrected chi connectivity index (χ2v) is 9.82. The number of hydrogen-bond acceptors (Lipinski definition) is 2. The molecule has 2 fully saturated rings. The number of ether oxygens (including phenoxy) is 1. The summed E-state index contributed by atoms with van der Waals surface area (Å²) in [5.74, 6) is -0.675. The Morgan fingerprint density at radius 3 is 2.47 bits per heavy atom. The highest BCUT2D eigenvalue weighted by molar-refractivity contribution is 5.91. The number of benzene rings is 2. The Bertz CT molecular complexity index is 1040. The van der Waals surface area contributed by atoms with Crippen molar-refractivity contribution in [1.82, 2.24) is 0 Å². The van der Waals surface area contributed by atoms with E-state index in [9.17, 15) is 9.18 Å². The van der Waals surface area contributed by atoms with Crippen LogP contribution in [0.3, 0.4) is 0 Å². The summed E-state index contributed by atoms with van der Waals surface area (Å²) in [5, 5.41) is 0. The third-order valence-corrected chi connectivity index (χ3v) is 7.66. The van der Waals surface area contributed by atoms with E-state index in [2.05, 4.69) is 25.7 Å². The summed E-state index contributed by atoms with van der Waals surface area (Å²) in [6.45, 7) is 5.78. The van der Waals surface area contributed by atoms with E-state index < -0.39 is 17.6 Å². The van der Waals surface area contributed by atoms with Gasteiger partial charge < -0.3 is 4.74 Å². The fraction of sp³-hybridized carbons (Fsp3) is 0.433. The molecule has 180 valence electrons. The van der Waals surface area contributed by atoms with Crippen LogP contribution < -0.4 is 4.74 Å².